The largest absolute Gasteiger partial charge is 0.436 e. The van der Waals surface area contributed by atoms with Gasteiger partial charge >= 0.3 is 0 Å². The van der Waals surface area contributed by atoms with E-state index in [9.17, 15) is 0 Å². The van der Waals surface area contributed by atoms with E-state index < -0.39 is 0 Å². The van der Waals surface area contributed by atoms with Gasteiger partial charge in [-0.3, -0.25) is 0 Å². The highest BCUT2D eigenvalue weighted by Crippen LogP contribution is 2.29. The van der Waals surface area contributed by atoms with E-state index in [1.54, 1.807) is 17.5 Å². The summed E-state index contributed by atoms with van der Waals surface area (Å²) in [6, 6.07) is 1.97. The molecule has 0 spiro atoms. The van der Waals surface area contributed by atoms with E-state index in [1.807, 2.05) is 23.8 Å². The molecule has 0 aromatic carbocycles. The van der Waals surface area contributed by atoms with Crippen molar-refractivity contribution in [2.24, 2.45) is 0 Å². The van der Waals surface area contributed by atoms with Gasteiger partial charge in [-0.2, -0.15) is 11.3 Å². The second-order valence-electron chi connectivity index (χ2n) is 3.42. The fraction of sp³-hybridized carbons (Fsp3) is 0.0909. The minimum absolute atomic E-state index is 0.459. The van der Waals surface area contributed by atoms with Crippen LogP contribution in [-0.2, 0) is 0 Å². The number of thiophene rings is 1. The van der Waals surface area contributed by atoms with E-state index in [-0.39, 0.29) is 0 Å². The average Bonchev–Trinajstić information content (AvgIpc) is 2.91. The second kappa shape index (κ2) is 3.57. The van der Waals surface area contributed by atoms with Crippen molar-refractivity contribution < 1.29 is 4.42 Å². The van der Waals surface area contributed by atoms with Crippen molar-refractivity contribution >= 4 is 34.0 Å². The Morgan fingerprint density at radius 2 is 2.31 bits per heavy atom. The number of aromatic nitrogens is 2. The monoisotopic (exact) mass is 250 g/mol. The van der Waals surface area contributed by atoms with Crippen molar-refractivity contribution in [1.29, 1.82) is 0 Å². The molecule has 80 valence electrons. The minimum Gasteiger partial charge on any atom is -0.436 e. The van der Waals surface area contributed by atoms with Crippen LogP contribution in [0.3, 0.4) is 0 Å². The second-order valence-corrected chi connectivity index (χ2v) is 4.56. The molecule has 0 bridgehead atoms. The SMILES string of the molecule is Cc1c(Cl)ncc2nc(-c3ccsc3)oc12. The molecule has 0 saturated heterocycles. The molecular formula is C11H7ClN2OS. The molecule has 5 heteroatoms. The number of fused-ring (bicyclic) bond motifs is 1. The minimum atomic E-state index is 0.459. The van der Waals surface area contributed by atoms with Gasteiger partial charge in [0.05, 0.1) is 6.20 Å². The third-order valence-electron chi connectivity index (χ3n) is 2.37. The Labute approximate surface area is 101 Å². The lowest BCUT2D eigenvalue weighted by Crippen LogP contribution is -1.81. The van der Waals surface area contributed by atoms with Gasteiger partial charge in [0.1, 0.15) is 10.7 Å². The van der Waals surface area contributed by atoms with Gasteiger partial charge in [-0.1, -0.05) is 11.6 Å². The molecule has 3 aromatic rings. The molecule has 3 rings (SSSR count). The predicted octanol–water partition coefficient (Wildman–Crippen LogP) is 3.91. The highest BCUT2D eigenvalue weighted by Gasteiger charge is 2.12. The normalized spacial score (nSPS) is 11.1. The maximum atomic E-state index is 5.92. The van der Waals surface area contributed by atoms with Crippen LogP contribution in [0.25, 0.3) is 22.6 Å². The smallest absolute Gasteiger partial charge is 0.228 e. The lowest BCUT2D eigenvalue weighted by Gasteiger charge is -1.94. The summed E-state index contributed by atoms with van der Waals surface area (Å²) in [5, 5.41) is 4.44. The Kier molecular flexibility index (Phi) is 2.19. The topological polar surface area (TPSA) is 38.9 Å². The molecule has 16 heavy (non-hydrogen) atoms. The summed E-state index contributed by atoms with van der Waals surface area (Å²) in [5.41, 5.74) is 3.26. The summed E-state index contributed by atoms with van der Waals surface area (Å²) < 4.78 is 5.70. The molecule has 3 aromatic heterocycles. The maximum absolute atomic E-state index is 5.92. The molecule has 0 N–H and O–H groups in total. The third-order valence-corrected chi connectivity index (χ3v) is 3.44. The first kappa shape index (κ1) is 9.81. The maximum Gasteiger partial charge on any atom is 0.228 e. The summed E-state index contributed by atoms with van der Waals surface area (Å²) in [6.07, 6.45) is 1.63. The lowest BCUT2D eigenvalue weighted by atomic mass is 10.3. The van der Waals surface area contributed by atoms with Crippen LogP contribution in [0, 0.1) is 6.92 Å². The third kappa shape index (κ3) is 1.42. The Morgan fingerprint density at radius 3 is 3.06 bits per heavy atom. The van der Waals surface area contributed by atoms with Crippen molar-refractivity contribution in [3.8, 4) is 11.5 Å². The van der Waals surface area contributed by atoms with E-state index in [4.69, 9.17) is 16.0 Å². The number of halogens is 1. The van der Waals surface area contributed by atoms with Gasteiger partial charge in [0.25, 0.3) is 0 Å². The first-order valence-corrected chi connectivity index (χ1v) is 6.02. The lowest BCUT2D eigenvalue weighted by molar-refractivity contribution is 0.617. The molecule has 0 saturated carbocycles. The van der Waals surface area contributed by atoms with Crippen LogP contribution in [0.2, 0.25) is 5.15 Å². The zero-order valence-corrected chi connectivity index (χ0v) is 9.97. The van der Waals surface area contributed by atoms with Gasteiger partial charge in [-0.05, 0) is 18.4 Å². The standard InChI is InChI=1S/C11H7ClN2OS/c1-6-9-8(4-13-10(6)12)14-11(15-9)7-2-3-16-5-7/h2-5H,1H3. The number of hydrogen-bond donors (Lipinski definition) is 0. The molecule has 0 atom stereocenters. The number of hydrogen-bond acceptors (Lipinski definition) is 4. The number of oxazole rings is 1. The van der Waals surface area contributed by atoms with Gasteiger partial charge in [-0.15, -0.1) is 0 Å². The molecule has 0 radical (unpaired) electrons. The van der Waals surface area contributed by atoms with Crippen LogP contribution in [0.4, 0.5) is 0 Å². The molecule has 0 amide bonds. The highest BCUT2D eigenvalue weighted by molar-refractivity contribution is 7.08. The summed E-state index contributed by atoms with van der Waals surface area (Å²) in [7, 11) is 0. The Bertz CT molecular complexity index is 645. The number of rotatable bonds is 1. The molecule has 3 nitrogen and oxygen atoms in total. The van der Waals surface area contributed by atoms with E-state index in [1.165, 1.54) is 0 Å². The highest BCUT2D eigenvalue weighted by atomic mass is 35.5. The Hall–Kier alpha value is -1.39. The van der Waals surface area contributed by atoms with Crippen LogP contribution < -0.4 is 0 Å². The van der Waals surface area contributed by atoms with Crippen LogP contribution in [0.5, 0.6) is 0 Å². The van der Waals surface area contributed by atoms with Gasteiger partial charge in [0, 0.05) is 16.5 Å². The van der Waals surface area contributed by atoms with Gasteiger partial charge < -0.3 is 4.42 Å². The van der Waals surface area contributed by atoms with Crippen molar-refractivity contribution in [3.05, 3.63) is 33.7 Å². The zero-order valence-electron chi connectivity index (χ0n) is 8.40. The van der Waals surface area contributed by atoms with Crippen LogP contribution in [0.1, 0.15) is 5.56 Å². The van der Waals surface area contributed by atoms with Crippen LogP contribution in [-0.4, -0.2) is 9.97 Å². The fourth-order valence-electron chi connectivity index (χ4n) is 1.51. The van der Waals surface area contributed by atoms with Crippen LogP contribution >= 0.6 is 22.9 Å². The first-order chi connectivity index (χ1) is 7.75. The van der Waals surface area contributed by atoms with Crippen LogP contribution in [0.15, 0.2) is 27.4 Å². The van der Waals surface area contributed by atoms with Gasteiger partial charge in [-0.25, -0.2) is 9.97 Å². The van der Waals surface area contributed by atoms with Crippen molar-refractivity contribution in [2.45, 2.75) is 6.92 Å². The summed E-state index contributed by atoms with van der Waals surface area (Å²) in [5.74, 6) is 0.614. The fourth-order valence-corrected chi connectivity index (χ4v) is 2.27. The molecule has 0 unspecified atom stereocenters. The Morgan fingerprint density at radius 1 is 1.44 bits per heavy atom. The number of aryl methyl sites for hydroxylation is 1. The zero-order chi connectivity index (χ0) is 11.1. The van der Waals surface area contributed by atoms with E-state index in [0.29, 0.717) is 16.6 Å². The van der Waals surface area contributed by atoms with Crippen molar-refractivity contribution in [1.82, 2.24) is 9.97 Å². The van der Waals surface area contributed by atoms with Crippen molar-refractivity contribution in [3.63, 3.8) is 0 Å². The number of pyridine rings is 1. The summed E-state index contributed by atoms with van der Waals surface area (Å²) in [6.45, 7) is 1.88. The summed E-state index contributed by atoms with van der Waals surface area (Å²) >= 11 is 7.53. The predicted molar refractivity (Wildman–Crippen MR) is 64.9 cm³/mol. The van der Waals surface area contributed by atoms with E-state index in [2.05, 4.69) is 9.97 Å². The molecule has 0 aliphatic heterocycles. The van der Waals surface area contributed by atoms with Gasteiger partial charge in [0.15, 0.2) is 5.58 Å². The molecule has 0 aliphatic carbocycles. The van der Waals surface area contributed by atoms with E-state index in [0.717, 1.165) is 16.6 Å². The molecular weight excluding hydrogens is 244 g/mol. The molecule has 0 aliphatic rings. The van der Waals surface area contributed by atoms with E-state index >= 15 is 0 Å². The quantitative estimate of drug-likeness (QED) is 0.615. The molecule has 0 fully saturated rings. The first-order valence-electron chi connectivity index (χ1n) is 4.70. The number of nitrogens with zero attached hydrogens (tertiary/aromatic N) is 2. The molecule has 3 heterocycles. The summed E-state index contributed by atoms with van der Waals surface area (Å²) in [4.78, 5) is 8.42. The van der Waals surface area contributed by atoms with Gasteiger partial charge in [0.2, 0.25) is 5.89 Å². The average molecular weight is 251 g/mol. The Balaban J connectivity index is 2.28. The van der Waals surface area contributed by atoms with Crippen molar-refractivity contribution in [2.75, 3.05) is 0 Å².